The van der Waals surface area contributed by atoms with E-state index in [0.29, 0.717) is 6.54 Å². The number of rotatable bonds is 7. The van der Waals surface area contributed by atoms with Gasteiger partial charge in [0.1, 0.15) is 0 Å². The Kier molecular flexibility index (Phi) is 7.20. The first-order valence-electron chi connectivity index (χ1n) is 8.19. The predicted octanol–water partition coefficient (Wildman–Crippen LogP) is 3.43. The van der Waals surface area contributed by atoms with Crippen LogP contribution in [0.25, 0.3) is 0 Å². The Labute approximate surface area is 159 Å². The van der Waals surface area contributed by atoms with Crippen molar-refractivity contribution in [1.29, 1.82) is 0 Å². The Hall–Kier alpha value is -1.66. The van der Waals surface area contributed by atoms with Gasteiger partial charge in [0.05, 0.1) is 6.04 Å². The molecule has 0 saturated heterocycles. The number of benzene rings is 1. The van der Waals surface area contributed by atoms with Crippen molar-refractivity contribution in [3.05, 3.63) is 53.3 Å². The zero-order chi connectivity index (χ0) is 18.3. The van der Waals surface area contributed by atoms with Gasteiger partial charge >= 0.3 is 0 Å². The molecule has 0 amide bonds. The Balaban J connectivity index is 2.05. The zero-order valence-corrected chi connectivity index (χ0v) is 16.7. The van der Waals surface area contributed by atoms with Crippen molar-refractivity contribution >= 4 is 29.3 Å². The molecule has 2 N–H and O–H groups in total. The molecule has 0 aliphatic heterocycles. The summed E-state index contributed by atoms with van der Waals surface area (Å²) in [6.07, 6.45) is 5.87. The maximum absolute atomic E-state index is 6.02. The van der Waals surface area contributed by atoms with E-state index in [9.17, 15) is 0 Å². The second-order valence-electron chi connectivity index (χ2n) is 6.32. The SMILES string of the molecule is CN=C(NCC(c1ccc(Cl)cc1)n1cccn1)NCC(C)(C)SC. The summed E-state index contributed by atoms with van der Waals surface area (Å²) < 4.78 is 2.09. The number of nitrogens with zero attached hydrogens (tertiary/aromatic N) is 3. The van der Waals surface area contributed by atoms with Crippen molar-refractivity contribution in [3.8, 4) is 0 Å². The molecular weight excluding hydrogens is 354 g/mol. The van der Waals surface area contributed by atoms with Crippen molar-refractivity contribution in [1.82, 2.24) is 20.4 Å². The first-order chi connectivity index (χ1) is 11.9. The summed E-state index contributed by atoms with van der Waals surface area (Å²) >= 11 is 7.85. The third-order valence-electron chi connectivity index (χ3n) is 4.02. The third kappa shape index (κ3) is 5.97. The lowest BCUT2D eigenvalue weighted by molar-refractivity contribution is 0.509. The van der Waals surface area contributed by atoms with Crippen LogP contribution in [-0.2, 0) is 0 Å². The number of nitrogens with one attached hydrogen (secondary N) is 2. The number of hydrogen-bond acceptors (Lipinski definition) is 3. The Morgan fingerprint density at radius 1 is 1.32 bits per heavy atom. The summed E-state index contributed by atoms with van der Waals surface area (Å²) in [5, 5.41) is 11.9. The van der Waals surface area contributed by atoms with Gasteiger partial charge < -0.3 is 10.6 Å². The smallest absolute Gasteiger partial charge is 0.191 e. The van der Waals surface area contributed by atoms with Crippen molar-refractivity contribution in [2.24, 2.45) is 4.99 Å². The predicted molar refractivity (Wildman–Crippen MR) is 109 cm³/mol. The fraction of sp³-hybridized carbons (Fsp3) is 0.444. The minimum atomic E-state index is 0.0550. The molecule has 7 heteroatoms. The highest BCUT2D eigenvalue weighted by atomic mass is 35.5. The zero-order valence-electron chi connectivity index (χ0n) is 15.2. The lowest BCUT2D eigenvalue weighted by Gasteiger charge is -2.25. The van der Waals surface area contributed by atoms with Gasteiger partial charge in [-0.3, -0.25) is 9.67 Å². The molecule has 0 spiro atoms. The van der Waals surface area contributed by atoms with Gasteiger partial charge in [0, 0.05) is 42.3 Å². The minimum absolute atomic E-state index is 0.0550. The lowest BCUT2D eigenvalue weighted by Crippen LogP contribution is -2.45. The van der Waals surface area contributed by atoms with Crippen LogP contribution < -0.4 is 10.6 Å². The van der Waals surface area contributed by atoms with Crippen molar-refractivity contribution in [2.75, 3.05) is 26.4 Å². The van der Waals surface area contributed by atoms with E-state index in [4.69, 9.17) is 11.6 Å². The van der Waals surface area contributed by atoms with E-state index >= 15 is 0 Å². The number of hydrogen-bond donors (Lipinski definition) is 2. The summed E-state index contributed by atoms with van der Waals surface area (Å²) in [5.41, 5.74) is 1.14. The summed E-state index contributed by atoms with van der Waals surface area (Å²) in [7, 11) is 1.78. The second-order valence-corrected chi connectivity index (χ2v) is 8.27. The molecule has 1 atom stereocenters. The summed E-state index contributed by atoms with van der Waals surface area (Å²) in [6.45, 7) is 5.92. The molecule has 2 rings (SSSR count). The average Bonchev–Trinajstić information content (AvgIpc) is 3.13. The van der Waals surface area contributed by atoms with Gasteiger partial charge in [-0.2, -0.15) is 16.9 Å². The number of aliphatic imine (C=N–C) groups is 1. The number of aromatic nitrogens is 2. The first kappa shape index (κ1) is 19.7. The molecule has 0 aliphatic rings. The fourth-order valence-electron chi connectivity index (χ4n) is 2.30. The van der Waals surface area contributed by atoms with E-state index in [1.807, 2.05) is 53.0 Å². The molecule has 0 aliphatic carbocycles. The van der Waals surface area contributed by atoms with E-state index in [0.717, 1.165) is 23.1 Å². The number of halogens is 1. The molecule has 0 radical (unpaired) electrons. The topological polar surface area (TPSA) is 54.2 Å². The monoisotopic (exact) mass is 379 g/mol. The van der Waals surface area contributed by atoms with E-state index in [1.54, 1.807) is 13.2 Å². The Morgan fingerprint density at radius 2 is 2.04 bits per heavy atom. The first-order valence-corrected chi connectivity index (χ1v) is 9.80. The van der Waals surface area contributed by atoms with Crippen molar-refractivity contribution in [3.63, 3.8) is 0 Å². The summed E-state index contributed by atoms with van der Waals surface area (Å²) in [4.78, 5) is 4.32. The van der Waals surface area contributed by atoms with Gasteiger partial charge in [0.2, 0.25) is 0 Å². The minimum Gasteiger partial charge on any atom is -0.355 e. The molecule has 25 heavy (non-hydrogen) atoms. The van der Waals surface area contributed by atoms with Gasteiger partial charge in [0.25, 0.3) is 0 Å². The maximum Gasteiger partial charge on any atom is 0.191 e. The largest absolute Gasteiger partial charge is 0.355 e. The highest BCUT2D eigenvalue weighted by Crippen LogP contribution is 2.20. The molecule has 1 aromatic heterocycles. The Morgan fingerprint density at radius 3 is 2.60 bits per heavy atom. The average molecular weight is 380 g/mol. The van der Waals surface area contributed by atoms with E-state index < -0.39 is 0 Å². The summed E-state index contributed by atoms with van der Waals surface area (Å²) in [5.74, 6) is 0.785. The highest BCUT2D eigenvalue weighted by Gasteiger charge is 2.18. The summed E-state index contributed by atoms with van der Waals surface area (Å²) in [6, 6.07) is 9.85. The third-order valence-corrected chi connectivity index (χ3v) is 5.52. The fourth-order valence-corrected chi connectivity index (χ4v) is 2.64. The van der Waals surface area contributed by atoms with Crippen LogP contribution in [0.5, 0.6) is 0 Å². The van der Waals surface area contributed by atoms with Gasteiger partial charge in [-0.25, -0.2) is 0 Å². The standard InChI is InChI=1S/C18H26ClN5S/c1-18(2,25-4)13-22-17(20-3)21-12-16(24-11-5-10-23-24)14-6-8-15(19)9-7-14/h5-11,16H,12-13H2,1-4H3,(H2,20,21,22). The quantitative estimate of drug-likeness (QED) is 0.571. The van der Waals surface area contributed by atoms with E-state index in [-0.39, 0.29) is 10.8 Å². The van der Waals surface area contributed by atoms with Crippen LogP contribution in [0.15, 0.2) is 47.7 Å². The van der Waals surface area contributed by atoms with Crippen LogP contribution in [0.4, 0.5) is 0 Å². The molecule has 0 saturated carbocycles. The number of thioether (sulfide) groups is 1. The van der Waals surface area contributed by atoms with Crippen molar-refractivity contribution < 1.29 is 0 Å². The van der Waals surface area contributed by atoms with E-state index in [2.05, 4.69) is 40.8 Å². The molecule has 1 heterocycles. The van der Waals surface area contributed by atoms with Crippen LogP contribution >= 0.6 is 23.4 Å². The van der Waals surface area contributed by atoms with Gasteiger partial charge in [-0.1, -0.05) is 23.7 Å². The molecule has 136 valence electrons. The van der Waals surface area contributed by atoms with Crippen LogP contribution in [0.2, 0.25) is 5.02 Å². The molecule has 0 fully saturated rings. The lowest BCUT2D eigenvalue weighted by atomic mass is 10.1. The highest BCUT2D eigenvalue weighted by molar-refractivity contribution is 7.99. The van der Waals surface area contributed by atoms with Gasteiger partial charge in [0.15, 0.2) is 5.96 Å². The van der Waals surface area contributed by atoms with Crippen LogP contribution in [0.1, 0.15) is 25.5 Å². The molecule has 5 nitrogen and oxygen atoms in total. The molecule has 1 unspecified atom stereocenters. The second kappa shape index (κ2) is 9.15. The molecule has 1 aromatic carbocycles. The van der Waals surface area contributed by atoms with Crippen LogP contribution in [0, 0.1) is 0 Å². The van der Waals surface area contributed by atoms with Crippen LogP contribution in [-0.4, -0.2) is 46.9 Å². The van der Waals surface area contributed by atoms with E-state index in [1.165, 1.54) is 0 Å². The van der Waals surface area contributed by atoms with Gasteiger partial charge in [-0.05, 0) is 43.9 Å². The Bertz CT molecular complexity index is 667. The normalized spacial score (nSPS) is 13.6. The van der Waals surface area contributed by atoms with Gasteiger partial charge in [-0.15, -0.1) is 0 Å². The van der Waals surface area contributed by atoms with Crippen LogP contribution in [0.3, 0.4) is 0 Å². The number of guanidine groups is 1. The van der Waals surface area contributed by atoms with Crippen molar-refractivity contribution in [2.45, 2.75) is 24.6 Å². The molecule has 2 aromatic rings. The molecule has 0 bridgehead atoms. The maximum atomic E-state index is 6.02. The molecular formula is C18H26ClN5S.